The highest BCUT2D eigenvalue weighted by Gasteiger charge is 2.22. The first-order chi connectivity index (χ1) is 13.9. The van der Waals surface area contributed by atoms with Crippen LogP contribution in [0.5, 0.6) is 0 Å². The van der Waals surface area contributed by atoms with Crippen molar-refractivity contribution in [2.45, 2.75) is 52.0 Å². The first kappa shape index (κ1) is 21.1. The second kappa shape index (κ2) is 9.72. The average Bonchev–Trinajstić information content (AvgIpc) is 2.72. The van der Waals surface area contributed by atoms with Crippen molar-refractivity contribution in [2.75, 3.05) is 30.9 Å². The largest absolute Gasteiger partial charge is 0.367 e. The molecule has 0 aliphatic heterocycles. The summed E-state index contributed by atoms with van der Waals surface area (Å²) >= 11 is 0. The summed E-state index contributed by atoms with van der Waals surface area (Å²) in [4.78, 5) is 23.4. The number of aromatic nitrogens is 2. The van der Waals surface area contributed by atoms with Gasteiger partial charge >= 0.3 is 0 Å². The van der Waals surface area contributed by atoms with Gasteiger partial charge in [0.15, 0.2) is 0 Å². The Hall–Kier alpha value is -2.63. The lowest BCUT2D eigenvalue weighted by Gasteiger charge is -2.29. The van der Waals surface area contributed by atoms with Crippen molar-refractivity contribution in [3.05, 3.63) is 47.3 Å². The first-order valence-electron chi connectivity index (χ1n) is 10.6. The van der Waals surface area contributed by atoms with E-state index in [0.29, 0.717) is 12.0 Å². The van der Waals surface area contributed by atoms with E-state index in [1.165, 1.54) is 5.56 Å². The maximum atomic E-state index is 12.4. The Balaban J connectivity index is 1.46. The predicted octanol–water partition coefficient (Wildman–Crippen LogP) is 3.81. The number of hydrogen-bond acceptors (Lipinski definition) is 5. The Morgan fingerprint density at radius 3 is 2.59 bits per heavy atom. The van der Waals surface area contributed by atoms with Crippen LogP contribution in [0.15, 0.2) is 30.3 Å². The third-order valence-corrected chi connectivity index (χ3v) is 5.63. The van der Waals surface area contributed by atoms with Crippen molar-refractivity contribution in [2.24, 2.45) is 5.92 Å². The zero-order valence-electron chi connectivity index (χ0n) is 18.0. The number of amides is 1. The SMILES string of the molecule is CCc1cccc(C(=O)NCC2CCC(Nc3cc(N(C)C)nc(C)n3)CC2)c1. The Morgan fingerprint density at radius 2 is 1.90 bits per heavy atom. The number of nitrogens with one attached hydrogen (secondary N) is 2. The second-order valence-electron chi connectivity index (χ2n) is 8.18. The van der Waals surface area contributed by atoms with Gasteiger partial charge in [0.2, 0.25) is 0 Å². The smallest absolute Gasteiger partial charge is 0.251 e. The Kier molecular flexibility index (Phi) is 7.07. The van der Waals surface area contributed by atoms with E-state index in [1.54, 1.807) is 0 Å². The number of anilines is 2. The minimum Gasteiger partial charge on any atom is -0.367 e. The molecule has 29 heavy (non-hydrogen) atoms. The van der Waals surface area contributed by atoms with Crippen molar-refractivity contribution in [3.8, 4) is 0 Å². The lowest BCUT2D eigenvalue weighted by Crippen LogP contribution is -2.34. The van der Waals surface area contributed by atoms with Crippen LogP contribution in [-0.2, 0) is 6.42 Å². The predicted molar refractivity (Wildman–Crippen MR) is 119 cm³/mol. The van der Waals surface area contributed by atoms with Gasteiger partial charge in [0.25, 0.3) is 5.91 Å². The van der Waals surface area contributed by atoms with E-state index >= 15 is 0 Å². The highest BCUT2D eigenvalue weighted by atomic mass is 16.1. The normalized spacial score (nSPS) is 18.9. The minimum absolute atomic E-state index is 0.0354. The molecule has 1 aromatic carbocycles. The number of nitrogens with zero attached hydrogens (tertiary/aromatic N) is 3. The molecule has 2 N–H and O–H groups in total. The fraction of sp³-hybridized carbons (Fsp3) is 0.522. The molecule has 0 radical (unpaired) electrons. The molecule has 0 atom stereocenters. The maximum Gasteiger partial charge on any atom is 0.251 e. The summed E-state index contributed by atoms with van der Waals surface area (Å²) in [5, 5.41) is 6.70. The lowest BCUT2D eigenvalue weighted by atomic mass is 9.86. The van der Waals surface area contributed by atoms with Gasteiger partial charge in [0.05, 0.1) is 0 Å². The van der Waals surface area contributed by atoms with E-state index in [9.17, 15) is 4.79 Å². The van der Waals surface area contributed by atoms with Gasteiger partial charge in [0, 0.05) is 38.3 Å². The van der Waals surface area contributed by atoms with Crippen LogP contribution in [0.25, 0.3) is 0 Å². The van der Waals surface area contributed by atoms with Crippen LogP contribution in [0.4, 0.5) is 11.6 Å². The average molecular weight is 396 g/mol. The number of benzene rings is 1. The molecule has 156 valence electrons. The van der Waals surface area contributed by atoms with Gasteiger partial charge in [-0.25, -0.2) is 9.97 Å². The van der Waals surface area contributed by atoms with Gasteiger partial charge in [-0.1, -0.05) is 19.1 Å². The fourth-order valence-electron chi connectivity index (χ4n) is 3.85. The van der Waals surface area contributed by atoms with E-state index in [0.717, 1.165) is 61.7 Å². The standard InChI is InChI=1S/C23H33N5O/c1-5-17-7-6-8-19(13-17)23(29)24-15-18-9-11-20(12-10-18)27-21-14-22(28(3)4)26-16(2)25-21/h6-8,13-14,18,20H,5,9-12,15H2,1-4H3,(H,24,29)(H,25,26,27). The lowest BCUT2D eigenvalue weighted by molar-refractivity contribution is 0.0943. The molecule has 0 unspecified atom stereocenters. The zero-order valence-corrected chi connectivity index (χ0v) is 18.0. The summed E-state index contributed by atoms with van der Waals surface area (Å²) in [6.07, 6.45) is 5.34. The van der Waals surface area contributed by atoms with Crippen molar-refractivity contribution >= 4 is 17.5 Å². The molecule has 0 spiro atoms. The number of carbonyl (C=O) groups is 1. The molecule has 6 heteroatoms. The molecular formula is C23H33N5O. The van der Waals surface area contributed by atoms with Crippen LogP contribution in [-0.4, -0.2) is 42.6 Å². The van der Waals surface area contributed by atoms with E-state index < -0.39 is 0 Å². The zero-order chi connectivity index (χ0) is 20.8. The van der Waals surface area contributed by atoms with Crippen LogP contribution < -0.4 is 15.5 Å². The van der Waals surface area contributed by atoms with Crippen LogP contribution in [0.1, 0.15) is 54.4 Å². The van der Waals surface area contributed by atoms with Crippen molar-refractivity contribution in [3.63, 3.8) is 0 Å². The molecule has 0 bridgehead atoms. The quantitative estimate of drug-likeness (QED) is 0.746. The molecule has 1 amide bonds. The summed E-state index contributed by atoms with van der Waals surface area (Å²) in [5.41, 5.74) is 1.96. The molecule has 3 rings (SSSR count). The van der Waals surface area contributed by atoms with Crippen LogP contribution in [0, 0.1) is 12.8 Å². The molecule has 1 fully saturated rings. The number of hydrogen-bond donors (Lipinski definition) is 2. The summed E-state index contributed by atoms with van der Waals surface area (Å²) in [6, 6.07) is 10.3. The van der Waals surface area contributed by atoms with E-state index in [1.807, 2.05) is 50.2 Å². The Bertz CT molecular complexity index is 828. The van der Waals surface area contributed by atoms with Gasteiger partial charge in [-0.2, -0.15) is 0 Å². The van der Waals surface area contributed by atoms with Crippen molar-refractivity contribution in [1.29, 1.82) is 0 Å². The number of carbonyl (C=O) groups excluding carboxylic acids is 1. The topological polar surface area (TPSA) is 70.2 Å². The molecule has 1 heterocycles. The highest BCUT2D eigenvalue weighted by molar-refractivity contribution is 5.94. The number of rotatable bonds is 7. The van der Waals surface area contributed by atoms with Gasteiger partial charge < -0.3 is 15.5 Å². The Labute approximate surface area is 174 Å². The monoisotopic (exact) mass is 395 g/mol. The van der Waals surface area contributed by atoms with Crippen molar-refractivity contribution < 1.29 is 4.79 Å². The van der Waals surface area contributed by atoms with Crippen LogP contribution >= 0.6 is 0 Å². The van der Waals surface area contributed by atoms with E-state index in [-0.39, 0.29) is 5.91 Å². The van der Waals surface area contributed by atoms with E-state index in [4.69, 9.17) is 0 Å². The molecule has 0 saturated heterocycles. The van der Waals surface area contributed by atoms with Gasteiger partial charge in [0.1, 0.15) is 17.5 Å². The molecule has 1 aliphatic rings. The summed E-state index contributed by atoms with van der Waals surface area (Å²) in [6.45, 7) is 4.78. The van der Waals surface area contributed by atoms with E-state index in [2.05, 4.69) is 33.6 Å². The highest BCUT2D eigenvalue weighted by Crippen LogP contribution is 2.26. The summed E-state index contributed by atoms with van der Waals surface area (Å²) in [7, 11) is 3.98. The third kappa shape index (κ3) is 5.92. The maximum absolute atomic E-state index is 12.4. The molecule has 1 aliphatic carbocycles. The molecule has 2 aromatic rings. The molecular weight excluding hydrogens is 362 g/mol. The first-order valence-corrected chi connectivity index (χ1v) is 10.6. The van der Waals surface area contributed by atoms with Crippen molar-refractivity contribution in [1.82, 2.24) is 15.3 Å². The summed E-state index contributed by atoms with van der Waals surface area (Å²) in [5.74, 6) is 3.17. The minimum atomic E-state index is 0.0354. The van der Waals surface area contributed by atoms with Gasteiger partial charge in [-0.05, 0) is 62.6 Å². The molecule has 6 nitrogen and oxygen atoms in total. The van der Waals surface area contributed by atoms with Crippen LogP contribution in [0.2, 0.25) is 0 Å². The van der Waals surface area contributed by atoms with Gasteiger partial charge in [-0.3, -0.25) is 4.79 Å². The third-order valence-electron chi connectivity index (χ3n) is 5.63. The number of aryl methyl sites for hydroxylation is 2. The fourth-order valence-corrected chi connectivity index (χ4v) is 3.85. The summed E-state index contributed by atoms with van der Waals surface area (Å²) < 4.78 is 0. The molecule has 1 aromatic heterocycles. The second-order valence-corrected chi connectivity index (χ2v) is 8.18. The van der Waals surface area contributed by atoms with Crippen LogP contribution in [0.3, 0.4) is 0 Å². The Morgan fingerprint density at radius 1 is 1.14 bits per heavy atom. The van der Waals surface area contributed by atoms with Gasteiger partial charge in [-0.15, -0.1) is 0 Å². The molecule has 1 saturated carbocycles.